The number of hydrogen-bond acceptors (Lipinski definition) is 8. The van der Waals surface area contributed by atoms with E-state index in [0.717, 1.165) is 67.5 Å². The number of benzene rings is 6. The summed E-state index contributed by atoms with van der Waals surface area (Å²) in [5.41, 5.74) is 8.44. The highest BCUT2D eigenvalue weighted by molar-refractivity contribution is 5.98. The van der Waals surface area contributed by atoms with Gasteiger partial charge in [-0.3, -0.25) is 0 Å². The van der Waals surface area contributed by atoms with Gasteiger partial charge in [0.05, 0.1) is 34.9 Å². The monoisotopic (exact) mass is 730 g/mol. The molecule has 0 spiro atoms. The molecule has 6 aromatic carbocycles. The van der Waals surface area contributed by atoms with Crippen molar-refractivity contribution in [2.24, 2.45) is 9.98 Å². The van der Waals surface area contributed by atoms with Gasteiger partial charge in [-0.25, -0.2) is 9.98 Å². The molecule has 0 N–H and O–H groups in total. The Morgan fingerprint density at radius 3 is 1.09 bits per heavy atom. The van der Waals surface area contributed by atoms with Crippen molar-refractivity contribution >= 4 is 11.8 Å². The van der Waals surface area contributed by atoms with Gasteiger partial charge in [-0.1, -0.05) is 84.9 Å². The predicted octanol–water partition coefficient (Wildman–Crippen LogP) is 10.6. The summed E-state index contributed by atoms with van der Waals surface area (Å²) in [6.07, 6.45) is -0.408. The first-order valence-electron chi connectivity index (χ1n) is 18.2. The molecule has 276 valence electrons. The number of nitrogens with zero attached hydrogens (tertiary/aromatic N) is 2. The number of hydrogen-bond donors (Lipinski definition) is 0. The van der Waals surface area contributed by atoms with Gasteiger partial charge >= 0.3 is 0 Å². The van der Waals surface area contributed by atoms with Crippen molar-refractivity contribution in [3.05, 3.63) is 168 Å². The molecular formula is C47H42N2O6. The highest BCUT2D eigenvalue weighted by Gasteiger charge is 2.38. The van der Waals surface area contributed by atoms with Gasteiger partial charge in [0.1, 0.15) is 35.1 Å². The van der Waals surface area contributed by atoms with Crippen LogP contribution in [0.3, 0.4) is 0 Å². The molecule has 8 rings (SSSR count). The molecule has 0 saturated heterocycles. The van der Waals surface area contributed by atoms with Crippen molar-refractivity contribution in [3.63, 3.8) is 0 Å². The van der Waals surface area contributed by atoms with Crippen LogP contribution in [0, 0.1) is 0 Å². The molecule has 0 amide bonds. The Labute approximate surface area is 321 Å². The lowest BCUT2D eigenvalue weighted by Crippen LogP contribution is -2.13. The lowest BCUT2D eigenvalue weighted by atomic mass is 9.94. The van der Waals surface area contributed by atoms with E-state index in [-0.39, 0.29) is 24.3 Å². The number of rotatable bonds is 12. The Balaban J connectivity index is 1.12. The topological polar surface area (TPSA) is 80.1 Å². The third kappa shape index (κ3) is 7.62. The van der Waals surface area contributed by atoms with Gasteiger partial charge in [-0.15, -0.1) is 0 Å². The van der Waals surface area contributed by atoms with E-state index in [9.17, 15) is 0 Å². The normalized spacial score (nSPS) is 18.8. The minimum Gasteiger partial charge on any atom is -0.497 e. The number of ether oxygens (including phenoxy) is 6. The molecule has 6 aromatic rings. The fraction of sp³-hybridized carbons (Fsp3) is 0.191. The van der Waals surface area contributed by atoms with Crippen LogP contribution in [0.15, 0.2) is 156 Å². The van der Waals surface area contributed by atoms with E-state index in [1.807, 2.05) is 72.8 Å². The van der Waals surface area contributed by atoms with E-state index in [1.165, 1.54) is 0 Å². The van der Waals surface area contributed by atoms with Crippen LogP contribution in [0.5, 0.6) is 23.0 Å². The summed E-state index contributed by atoms with van der Waals surface area (Å²) >= 11 is 0. The summed E-state index contributed by atoms with van der Waals surface area (Å²) in [6.45, 7) is 0. The first kappa shape index (κ1) is 35.5. The molecule has 0 aliphatic carbocycles. The van der Waals surface area contributed by atoms with E-state index in [0.29, 0.717) is 18.2 Å². The van der Waals surface area contributed by atoms with Crippen LogP contribution in [-0.4, -0.2) is 40.2 Å². The van der Waals surface area contributed by atoms with Gasteiger partial charge in [0, 0.05) is 0 Å². The molecule has 2 aliphatic heterocycles. The average molecular weight is 731 g/mol. The highest BCUT2D eigenvalue weighted by Crippen LogP contribution is 2.45. The molecule has 0 fully saturated rings. The molecule has 0 saturated carbocycles. The quantitative estimate of drug-likeness (QED) is 0.125. The molecule has 8 heteroatoms. The van der Waals surface area contributed by atoms with E-state index in [1.54, 1.807) is 28.4 Å². The number of aliphatic imine (C=N–C) groups is 2. The van der Waals surface area contributed by atoms with Crippen molar-refractivity contribution < 1.29 is 28.4 Å². The fourth-order valence-electron chi connectivity index (χ4n) is 7.19. The molecule has 4 atom stereocenters. The van der Waals surface area contributed by atoms with Gasteiger partial charge in [0.15, 0.2) is 24.0 Å². The van der Waals surface area contributed by atoms with E-state index < -0.39 is 0 Å². The minimum atomic E-state index is -0.358. The summed E-state index contributed by atoms with van der Waals surface area (Å²) in [5, 5.41) is 0. The van der Waals surface area contributed by atoms with Crippen LogP contribution in [0.25, 0.3) is 22.3 Å². The molecule has 2 aliphatic rings. The summed E-state index contributed by atoms with van der Waals surface area (Å²) < 4.78 is 35.2. The second-order valence-electron chi connectivity index (χ2n) is 13.4. The summed E-state index contributed by atoms with van der Waals surface area (Å²) in [5.74, 6) is 4.33. The first-order valence-corrected chi connectivity index (χ1v) is 18.2. The van der Waals surface area contributed by atoms with Crippen LogP contribution in [0.2, 0.25) is 0 Å². The molecule has 2 unspecified atom stereocenters. The lowest BCUT2D eigenvalue weighted by molar-refractivity contribution is 0.183. The second-order valence-corrected chi connectivity index (χ2v) is 13.4. The zero-order valence-corrected chi connectivity index (χ0v) is 31.2. The second kappa shape index (κ2) is 15.8. The summed E-state index contributed by atoms with van der Waals surface area (Å²) in [7, 11) is 6.68. The predicted molar refractivity (Wildman–Crippen MR) is 215 cm³/mol. The maximum absolute atomic E-state index is 6.74. The first-order chi connectivity index (χ1) is 27.0. The fourth-order valence-corrected chi connectivity index (χ4v) is 7.19. The third-order valence-corrected chi connectivity index (χ3v) is 10.2. The van der Waals surface area contributed by atoms with Crippen LogP contribution in [-0.2, 0) is 9.47 Å². The maximum atomic E-state index is 6.74. The zero-order chi connectivity index (χ0) is 37.7. The van der Waals surface area contributed by atoms with E-state index >= 15 is 0 Å². The molecule has 0 radical (unpaired) electrons. The molecule has 2 heterocycles. The van der Waals surface area contributed by atoms with Gasteiger partial charge in [-0.05, 0) is 105 Å². The minimum absolute atomic E-state index is 0.294. The Bertz CT molecular complexity index is 2140. The standard InChI is InChI=1S/C47H42N2O6/c1-50-38-19-11-30(12-20-38)34-7-5-9-36(27-34)44-46(32-15-23-40(52-3)24-16-32)54-42(48-44)29-43-49-45(47(55-43)33-17-25-41(53-4)26-18-33)37-10-6-8-35(28-37)31-13-21-39(51-2)22-14-31/h5-28,44-47H,29H2,1-4H3/t44-,45-,46?,47?/m1/s1. The van der Waals surface area contributed by atoms with Crippen molar-refractivity contribution in [3.8, 4) is 45.3 Å². The molecule has 0 bridgehead atoms. The van der Waals surface area contributed by atoms with Gasteiger partial charge in [-0.2, -0.15) is 0 Å². The van der Waals surface area contributed by atoms with Crippen molar-refractivity contribution in [1.82, 2.24) is 0 Å². The molecule has 0 aromatic heterocycles. The van der Waals surface area contributed by atoms with Crippen LogP contribution in [0.1, 0.15) is 53.0 Å². The molecule has 55 heavy (non-hydrogen) atoms. The Morgan fingerprint density at radius 2 is 0.745 bits per heavy atom. The Hall–Kier alpha value is -6.54. The van der Waals surface area contributed by atoms with Crippen LogP contribution >= 0.6 is 0 Å². The Morgan fingerprint density at radius 1 is 0.400 bits per heavy atom. The smallest absolute Gasteiger partial charge is 0.194 e. The van der Waals surface area contributed by atoms with Crippen molar-refractivity contribution in [1.29, 1.82) is 0 Å². The van der Waals surface area contributed by atoms with E-state index in [2.05, 4.69) is 72.8 Å². The molecule has 8 nitrogen and oxygen atoms in total. The summed E-state index contributed by atoms with van der Waals surface area (Å²) in [4.78, 5) is 10.5. The van der Waals surface area contributed by atoms with Crippen molar-refractivity contribution in [2.45, 2.75) is 30.7 Å². The van der Waals surface area contributed by atoms with Crippen LogP contribution < -0.4 is 18.9 Å². The SMILES string of the molecule is COc1ccc(-c2cccc([C@H]3N=C(CC4=N[C@H](c5cccc(-c6ccc(OC)cc6)c5)C(c5ccc(OC)cc5)O4)OC3c3ccc(OC)cc3)c2)cc1. The van der Waals surface area contributed by atoms with E-state index in [4.69, 9.17) is 38.4 Å². The number of methoxy groups -OCH3 is 4. The zero-order valence-electron chi connectivity index (χ0n) is 31.2. The van der Waals surface area contributed by atoms with Gasteiger partial charge in [0.25, 0.3) is 0 Å². The highest BCUT2D eigenvalue weighted by atomic mass is 16.5. The van der Waals surface area contributed by atoms with Crippen molar-refractivity contribution in [2.75, 3.05) is 28.4 Å². The summed E-state index contributed by atoms with van der Waals surface area (Å²) in [6, 6.07) is 48.5. The average Bonchev–Trinajstić information content (AvgIpc) is 3.89. The van der Waals surface area contributed by atoms with Gasteiger partial charge in [0.2, 0.25) is 0 Å². The Kier molecular flexibility index (Phi) is 10.2. The third-order valence-electron chi connectivity index (χ3n) is 10.2. The lowest BCUT2D eigenvalue weighted by Gasteiger charge is -2.20. The largest absolute Gasteiger partial charge is 0.497 e. The van der Waals surface area contributed by atoms with Gasteiger partial charge < -0.3 is 28.4 Å². The molecular weight excluding hydrogens is 689 g/mol. The van der Waals surface area contributed by atoms with Crippen LogP contribution in [0.4, 0.5) is 0 Å². The maximum Gasteiger partial charge on any atom is 0.194 e.